The van der Waals surface area contributed by atoms with E-state index in [1.165, 1.54) is 19.3 Å². The monoisotopic (exact) mass is 283 g/mol. The summed E-state index contributed by atoms with van der Waals surface area (Å²) in [5.41, 5.74) is 0. The zero-order valence-corrected chi connectivity index (χ0v) is 12.9. The highest BCUT2D eigenvalue weighted by Gasteiger charge is 2.36. The first kappa shape index (κ1) is 17.0. The zero-order valence-electron chi connectivity index (χ0n) is 12.9. The van der Waals surface area contributed by atoms with Crippen molar-refractivity contribution >= 4 is 11.9 Å². The quantitative estimate of drug-likeness (QED) is 0.695. The van der Waals surface area contributed by atoms with Gasteiger partial charge in [-0.25, -0.2) is 0 Å². The third-order valence-electron chi connectivity index (χ3n) is 4.37. The lowest BCUT2D eigenvalue weighted by atomic mass is 9.78. The molecule has 0 aromatic heterocycles. The number of nitrogens with zero attached hydrogens (tertiary/aromatic N) is 1. The van der Waals surface area contributed by atoms with Crippen LogP contribution in [0.25, 0.3) is 0 Å². The lowest BCUT2D eigenvalue weighted by Crippen LogP contribution is -2.41. The number of hydrogen-bond donors (Lipinski definition) is 1. The van der Waals surface area contributed by atoms with Crippen LogP contribution >= 0.6 is 0 Å². The van der Waals surface area contributed by atoms with Crippen molar-refractivity contribution in [2.24, 2.45) is 11.8 Å². The Morgan fingerprint density at radius 1 is 1.05 bits per heavy atom. The van der Waals surface area contributed by atoms with Gasteiger partial charge in [-0.3, -0.25) is 9.59 Å². The van der Waals surface area contributed by atoms with Crippen LogP contribution in [-0.4, -0.2) is 35.5 Å². The molecule has 0 unspecified atom stereocenters. The molecule has 4 heteroatoms. The molecule has 0 heterocycles. The Morgan fingerprint density at radius 3 is 2.25 bits per heavy atom. The first-order valence-corrected chi connectivity index (χ1v) is 8.05. The van der Waals surface area contributed by atoms with Crippen LogP contribution < -0.4 is 0 Å². The Labute approximate surface area is 122 Å². The molecule has 0 saturated heterocycles. The van der Waals surface area contributed by atoms with Crippen LogP contribution in [0.2, 0.25) is 0 Å². The van der Waals surface area contributed by atoms with E-state index in [1.807, 2.05) is 7.05 Å². The fourth-order valence-electron chi connectivity index (χ4n) is 3.07. The van der Waals surface area contributed by atoms with Crippen molar-refractivity contribution in [3.63, 3.8) is 0 Å². The summed E-state index contributed by atoms with van der Waals surface area (Å²) in [6, 6.07) is 0. The Balaban J connectivity index is 2.39. The lowest BCUT2D eigenvalue weighted by Gasteiger charge is -2.31. The fraction of sp³-hybridized carbons (Fsp3) is 0.875. The summed E-state index contributed by atoms with van der Waals surface area (Å²) in [5.74, 6) is -1.55. The molecular weight excluding hydrogens is 254 g/mol. The van der Waals surface area contributed by atoms with Gasteiger partial charge in [0.15, 0.2) is 0 Å². The normalized spacial score (nSPS) is 22.5. The van der Waals surface area contributed by atoms with Gasteiger partial charge in [-0.2, -0.15) is 0 Å². The highest BCUT2D eigenvalue weighted by Crippen LogP contribution is 2.31. The number of rotatable bonds is 8. The molecule has 1 saturated carbocycles. The number of carboxylic acid groups (broad SMARTS) is 1. The van der Waals surface area contributed by atoms with E-state index in [4.69, 9.17) is 0 Å². The summed E-state index contributed by atoms with van der Waals surface area (Å²) < 4.78 is 0. The second kappa shape index (κ2) is 8.98. The van der Waals surface area contributed by atoms with Gasteiger partial charge in [-0.05, 0) is 19.3 Å². The molecule has 0 radical (unpaired) electrons. The number of aliphatic carboxylic acids is 1. The molecule has 1 N–H and O–H groups in total. The summed E-state index contributed by atoms with van der Waals surface area (Å²) in [7, 11) is 1.82. The number of carboxylic acids is 1. The maximum Gasteiger partial charge on any atom is 0.307 e. The molecule has 0 aromatic rings. The molecule has 1 amide bonds. The van der Waals surface area contributed by atoms with Gasteiger partial charge in [0.2, 0.25) is 5.91 Å². The molecule has 1 fully saturated rings. The van der Waals surface area contributed by atoms with Crippen LogP contribution in [0.5, 0.6) is 0 Å². The van der Waals surface area contributed by atoms with E-state index in [0.29, 0.717) is 6.42 Å². The number of amides is 1. The van der Waals surface area contributed by atoms with E-state index in [9.17, 15) is 14.7 Å². The largest absolute Gasteiger partial charge is 0.481 e. The maximum absolute atomic E-state index is 12.4. The Morgan fingerprint density at radius 2 is 1.65 bits per heavy atom. The van der Waals surface area contributed by atoms with Crippen molar-refractivity contribution in [3.8, 4) is 0 Å². The lowest BCUT2D eigenvalue weighted by molar-refractivity contribution is -0.151. The average Bonchev–Trinajstić information content (AvgIpc) is 2.46. The van der Waals surface area contributed by atoms with Crippen LogP contribution in [0.4, 0.5) is 0 Å². The molecule has 0 bridgehead atoms. The Kier molecular flexibility index (Phi) is 7.63. The third kappa shape index (κ3) is 5.14. The van der Waals surface area contributed by atoms with Crippen molar-refractivity contribution in [3.05, 3.63) is 0 Å². The van der Waals surface area contributed by atoms with Crippen LogP contribution in [-0.2, 0) is 9.59 Å². The second-order valence-electron chi connectivity index (χ2n) is 6.01. The molecule has 116 valence electrons. The number of unbranched alkanes of at least 4 members (excludes halogenated alkanes) is 4. The van der Waals surface area contributed by atoms with Gasteiger partial charge in [-0.15, -0.1) is 0 Å². The maximum atomic E-state index is 12.4. The summed E-state index contributed by atoms with van der Waals surface area (Å²) in [6.07, 6.45) is 9.15. The number of carbonyl (C=O) groups excluding carboxylic acids is 1. The standard InChI is InChI=1S/C16H29NO3/c1-3-4-5-6-9-12-17(2)15(18)13-10-7-8-11-14(13)16(19)20/h13-14H,3-12H2,1-2H3,(H,19,20)/t13-,14+/m0/s1. The molecule has 4 nitrogen and oxygen atoms in total. The van der Waals surface area contributed by atoms with E-state index in [1.54, 1.807) is 4.90 Å². The van der Waals surface area contributed by atoms with Crippen molar-refractivity contribution in [1.82, 2.24) is 4.90 Å². The summed E-state index contributed by atoms with van der Waals surface area (Å²) in [6.45, 7) is 2.94. The van der Waals surface area contributed by atoms with Gasteiger partial charge in [0, 0.05) is 13.6 Å². The minimum Gasteiger partial charge on any atom is -0.481 e. The Bertz CT molecular complexity index is 317. The number of carbonyl (C=O) groups is 2. The van der Waals surface area contributed by atoms with Crippen LogP contribution in [0, 0.1) is 11.8 Å². The van der Waals surface area contributed by atoms with Crippen molar-refractivity contribution < 1.29 is 14.7 Å². The van der Waals surface area contributed by atoms with Gasteiger partial charge in [0.25, 0.3) is 0 Å². The first-order valence-electron chi connectivity index (χ1n) is 8.05. The van der Waals surface area contributed by atoms with E-state index in [0.717, 1.165) is 38.6 Å². The summed E-state index contributed by atoms with van der Waals surface area (Å²) in [4.78, 5) is 25.4. The average molecular weight is 283 g/mol. The van der Waals surface area contributed by atoms with Crippen LogP contribution in [0.15, 0.2) is 0 Å². The van der Waals surface area contributed by atoms with Crippen molar-refractivity contribution in [1.29, 1.82) is 0 Å². The Hall–Kier alpha value is -1.06. The van der Waals surface area contributed by atoms with E-state index >= 15 is 0 Å². The fourth-order valence-corrected chi connectivity index (χ4v) is 3.07. The van der Waals surface area contributed by atoms with Crippen LogP contribution in [0.1, 0.15) is 64.7 Å². The minimum atomic E-state index is -0.806. The topological polar surface area (TPSA) is 57.6 Å². The molecule has 1 aliphatic rings. The minimum absolute atomic E-state index is 0.0348. The smallest absolute Gasteiger partial charge is 0.307 e. The predicted octanol–water partition coefficient (Wildman–Crippen LogP) is 3.31. The highest BCUT2D eigenvalue weighted by atomic mass is 16.4. The molecule has 1 aliphatic carbocycles. The third-order valence-corrected chi connectivity index (χ3v) is 4.37. The molecular formula is C16H29NO3. The molecule has 2 atom stereocenters. The molecule has 0 aromatic carbocycles. The first-order chi connectivity index (χ1) is 9.57. The van der Waals surface area contributed by atoms with Crippen molar-refractivity contribution in [2.75, 3.05) is 13.6 Å². The van der Waals surface area contributed by atoms with Crippen molar-refractivity contribution in [2.45, 2.75) is 64.7 Å². The molecule has 0 aliphatic heterocycles. The SMILES string of the molecule is CCCCCCCN(C)C(=O)[C@H]1CCCC[C@H]1C(=O)O. The summed E-state index contributed by atoms with van der Waals surface area (Å²) in [5, 5.41) is 9.24. The summed E-state index contributed by atoms with van der Waals surface area (Å²) >= 11 is 0. The van der Waals surface area contributed by atoms with E-state index in [2.05, 4.69) is 6.92 Å². The molecule has 0 spiro atoms. The molecule has 1 rings (SSSR count). The predicted molar refractivity (Wildman–Crippen MR) is 79.5 cm³/mol. The van der Waals surface area contributed by atoms with Gasteiger partial charge >= 0.3 is 5.97 Å². The van der Waals surface area contributed by atoms with Gasteiger partial charge in [0.1, 0.15) is 0 Å². The van der Waals surface area contributed by atoms with Gasteiger partial charge in [0.05, 0.1) is 11.8 Å². The van der Waals surface area contributed by atoms with E-state index in [-0.39, 0.29) is 11.8 Å². The van der Waals surface area contributed by atoms with Gasteiger partial charge < -0.3 is 10.0 Å². The zero-order chi connectivity index (χ0) is 15.0. The number of hydrogen-bond acceptors (Lipinski definition) is 2. The van der Waals surface area contributed by atoms with E-state index < -0.39 is 11.9 Å². The second-order valence-corrected chi connectivity index (χ2v) is 6.01. The van der Waals surface area contributed by atoms with Gasteiger partial charge in [-0.1, -0.05) is 45.4 Å². The highest BCUT2D eigenvalue weighted by molar-refractivity contribution is 5.84. The molecule has 20 heavy (non-hydrogen) atoms. The van der Waals surface area contributed by atoms with Crippen LogP contribution in [0.3, 0.4) is 0 Å².